The van der Waals surface area contributed by atoms with Crippen LogP contribution in [-0.4, -0.2) is 18.7 Å². The molecule has 27 heavy (non-hydrogen) atoms. The monoisotopic (exact) mass is 358 g/mol. The second kappa shape index (κ2) is 8.81. The average molecular weight is 358 g/mol. The molecule has 4 nitrogen and oxygen atoms in total. The van der Waals surface area contributed by atoms with Gasteiger partial charge in [0.05, 0.1) is 18.7 Å². The van der Waals surface area contributed by atoms with Crippen LogP contribution in [0.3, 0.4) is 0 Å². The lowest BCUT2D eigenvalue weighted by molar-refractivity contribution is -0.121. The second-order valence-corrected chi connectivity index (χ2v) is 6.16. The normalized spacial score (nSPS) is 11.3. The summed E-state index contributed by atoms with van der Waals surface area (Å²) in [6.07, 6.45) is 0. The molecule has 0 radical (unpaired) electrons. The van der Waals surface area contributed by atoms with E-state index in [4.69, 9.17) is 4.74 Å². The Hall–Kier alpha value is -3.40. The molecule has 0 bridgehead atoms. The number of amides is 1. The van der Waals surface area contributed by atoms with Crippen LogP contribution in [0.1, 0.15) is 29.5 Å². The van der Waals surface area contributed by atoms with Crippen molar-refractivity contribution in [2.45, 2.75) is 12.8 Å². The highest BCUT2D eigenvalue weighted by molar-refractivity contribution is 5.99. The maximum absolute atomic E-state index is 12.9. The standard InChI is InChI=1S/C23H22N2O2/c1-17(18-13-15-21(27-2)16-14-18)24-25-23(26)22(19-9-5-3-6-10-19)20-11-7-4-8-12-20/h3-16,22H,1-2H3,(H,25,26). The zero-order chi connectivity index (χ0) is 19.1. The van der Waals surface area contributed by atoms with Crippen LogP contribution in [0.5, 0.6) is 5.75 Å². The third-order valence-electron chi connectivity index (χ3n) is 4.37. The largest absolute Gasteiger partial charge is 0.497 e. The molecule has 0 spiro atoms. The van der Waals surface area contributed by atoms with E-state index in [2.05, 4.69) is 10.5 Å². The molecule has 136 valence electrons. The molecule has 0 aliphatic heterocycles. The molecular weight excluding hydrogens is 336 g/mol. The smallest absolute Gasteiger partial charge is 0.252 e. The first-order valence-electron chi connectivity index (χ1n) is 8.77. The van der Waals surface area contributed by atoms with Gasteiger partial charge in [0.15, 0.2) is 0 Å². The molecule has 0 aliphatic carbocycles. The molecule has 0 saturated carbocycles. The van der Waals surface area contributed by atoms with E-state index in [0.717, 1.165) is 28.2 Å². The first kappa shape index (κ1) is 18.4. The fourth-order valence-electron chi connectivity index (χ4n) is 2.89. The number of hydrazone groups is 1. The van der Waals surface area contributed by atoms with Gasteiger partial charge in [0.2, 0.25) is 0 Å². The summed E-state index contributed by atoms with van der Waals surface area (Å²) in [5, 5.41) is 4.30. The van der Waals surface area contributed by atoms with Gasteiger partial charge < -0.3 is 4.74 Å². The van der Waals surface area contributed by atoms with E-state index >= 15 is 0 Å². The van der Waals surface area contributed by atoms with Crippen molar-refractivity contribution in [3.05, 3.63) is 102 Å². The van der Waals surface area contributed by atoms with Crippen molar-refractivity contribution in [3.8, 4) is 5.75 Å². The van der Waals surface area contributed by atoms with Crippen molar-refractivity contribution in [1.82, 2.24) is 5.43 Å². The summed E-state index contributed by atoms with van der Waals surface area (Å²) in [6, 6.07) is 27.0. The molecule has 0 unspecified atom stereocenters. The van der Waals surface area contributed by atoms with Crippen molar-refractivity contribution in [2.75, 3.05) is 7.11 Å². The summed E-state index contributed by atoms with van der Waals surface area (Å²) in [5.74, 6) is 0.198. The highest BCUT2D eigenvalue weighted by Crippen LogP contribution is 2.24. The Kier molecular flexibility index (Phi) is 6.00. The van der Waals surface area contributed by atoms with E-state index in [1.807, 2.05) is 91.9 Å². The third-order valence-corrected chi connectivity index (χ3v) is 4.37. The van der Waals surface area contributed by atoms with Crippen molar-refractivity contribution in [2.24, 2.45) is 5.10 Å². The van der Waals surface area contributed by atoms with Gasteiger partial charge in [0.25, 0.3) is 5.91 Å². The molecule has 0 aromatic heterocycles. The van der Waals surface area contributed by atoms with Crippen LogP contribution in [0, 0.1) is 0 Å². The predicted molar refractivity (Wildman–Crippen MR) is 108 cm³/mol. The summed E-state index contributed by atoms with van der Waals surface area (Å²) >= 11 is 0. The van der Waals surface area contributed by atoms with Crippen molar-refractivity contribution in [3.63, 3.8) is 0 Å². The molecule has 3 rings (SSSR count). The first-order chi connectivity index (χ1) is 13.2. The second-order valence-electron chi connectivity index (χ2n) is 6.16. The number of nitrogens with zero attached hydrogens (tertiary/aromatic N) is 1. The number of nitrogens with one attached hydrogen (secondary N) is 1. The Morgan fingerprint density at radius 1 is 0.852 bits per heavy atom. The van der Waals surface area contributed by atoms with E-state index in [9.17, 15) is 4.79 Å². The number of hydrogen-bond acceptors (Lipinski definition) is 3. The van der Waals surface area contributed by atoms with Crippen LogP contribution < -0.4 is 10.2 Å². The molecule has 0 aliphatic rings. The number of carbonyl (C=O) groups excluding carboxylic acids is 1. The molecule has 1 N–H and O–H groups in total. The van der Waals surface area contributed by atoms with E-state index in [1.54, 1.807) is 7.11 Å². The zero-order valence-electron chi connectivity index (χ0n) is 15.4. The van der Waals surface area contributed by atoms with Gasteiger partial charge in [-0.1, -0.05) is 60.7 Å². The highest BCUT2D eigenvalue weighted by Gasteiger charge is 2.22. The fraction of sp³-hybridized carbons (Fsp3) is 0.130. The minimum Gasteiger partial charge on any atom is -0.497 e. The molecule has 4 heteroatoms. The molecule has 1 amide bonds. The SMILES string of the molecule is COc1ccc(C(C)=NNC(=O)C(c2ccccc2)c2ccccc2)cc1. The van der Waals surface area contributed by atoms with Crippen LogP contribution in [0.4, 0.5) is 0 Å². The van der Waals surface area contributed by atoms with Gasteiger partial charge in [0.1, 0.15) is 5.75 Å². The average Bonchev–Trinajstić information content (AvgIpc) is 2.74. The van der Waals surface area contributed by atoms with Crippen LogP contribution >= 0.6 is 0 Å². The molecule has 0 heterocycles. The number of hydrogen-bond donors (Lipinski definition) is 1. The van der Waals surface area contributed by atoms with Gasteiger partial charge in [-0.25, -0.2) is 5.43 Å². The highest BCUT2D eigenvalue weighted by atomic mass is 16.5. The Morgan fingerprint density at radius 2 is 1.37 bits per heavy atom. The van der Waals surface area contributed by atoms with Gasteiger partial charge in [0, 0.05) is 0 Å². The van der Waals surface area contributed by atoms with E-state index < -0.39 is 5.92 Å². The molecule has 0 saturated heterocycles. The topological polar surface area (TPSA) is 50.7 Å². The lowest BCUT2D eigenvalue weighted by Crippen LogP contribution is -2.27. The Labute approximate surface area is 159 Å². The summed E-state index contributed by atoms with van der Waals surface area (Å²) in [6.45, 7) is 1.86. The summed E-state index contributed by atoms with van der Waals surface area (Å²) in [7, 11) is 1.63. The maximum atomic E-state index is 12.9. The zero-order valence-corrected chi connectivity index (χ0v) is 15.4. The van der Waals surface area contributed by atoms with Gasteiger partial charge in [-0.3, -0.25) is 4.79 Å². The molecular formula is C23H22N2O2. The van der Waals surface area contributed by atoms with Crippen molar-refractivity contribution < 1.29 is 9.53 Å². The number of rotatable bonds is 6. The van der Waals surface area contributed by atoms with Crippen molar-refractivity contribution >= 4 is 11.6 Å². The molecule has 0 fully saturated rings. The molecule has 3 aromatic rings. The van der Waals surface area contributed by atoms with Crippen LogP contribution in [0.15, 0.2) is 90.0 Å². The number of methoxy groups -OCH3 is 1. The summed E-state index contributed by atoms with van der Waals surface area (Å²) < 4.78 is 5.17. The molecule has 3 aromatic carbocycles. The number of carbonyl (C=O) groups is 1. The van der Waals surface area contributed by atoms with Gasteiger partial charge >= 0.3 is 0 Å². The van der Waals surface area contributed by atoms with Gasteiger partial charge in [-0.05, 0) is 47.9 Å². The predicted octanol–water partition coefficient (Wildman–Crippen LogP) is 4.37. The van der Waals surface area contributed by atoms with Gasteiger partial charge in [-0.2, -0.15) is 5.10 Å². The number of ether oxygens (including phenoxy) is 1. The van der Waals surface area contributed by atoms with E-state index in [-0.39, 0.29) is 5.91 Å². The first-order valence-corrected chi connectivity index (χ1v) is 8.77. The Morgan fingerprint density at radius 3 is 1.85 bits per heavy atom. The Bertz CT molecular complexity index is 865. The van der Waals surface area contributed by atoms with Crippen LogP contribution in [-0.2, 0) is 4.79 Å². The lowest BCUT2D eigenvalue weighted by Gasteiger charge is -2.16. The van der Waals surface area contributed by atoms with E-state index in [0.29, 0.717) is 0 Å². The molecule has 0 atom stereocenters. The summed E-state index contributed by atoms with van der Waals surface area (Å²) in [4.78, 5) is 12.9. The van der Waals surface area contributed by atoms with Crippen LogP contribution in [0.25, 0.3) is 0 Å². The summed E-state index contributed by atoms with van der Waals surface area (Å²) in [5.41, 5.74) is 6.23. The quantitative estimate of drug-likeness (QED) is 0.525. The maximum Gasteiger partial charge on any atom is 0.252 e. The van der Waals surface area contributed by atoms with Crippen molar-refractivity contribution in [1.29, 1.82) is 0 Å². The fourth-order valence-corrected chi connectivity index (χ4v) is 2.89. The minimum absolute atomic E-state index is 0.166. The Balaban J connectivity index is 1.82. The third kappa shape index (κ3) is 4.61. The number of benzene rings is 3. The van der Waals surface area contributed by atoms with Crippen LogP contribution in [0.2, 0.25) is 0 Å². The van der Waals surface area contributed by atoms with E-state index in [1.165, 1.54) is 0 Å². The van der Waals surface area contributed by atoms with Gasteiger partial charge in [-0.15, -0.1) is 0 Å². The lowest BCUT2D eigenvalue weighted by atomic mass is 9.91. The minimum atomic E-state index is -0.417.